The highest BCUT2D eigenvalue weighted by molar-refractivity contribution is 7.99. The standard InChI is InChI=1S/C16H21N5O2S/c1-20-15(21-8-10-23-11-9-21)18-19-16(20)24-12-7-14(22)17-13-5-3-2-4-6-13/h2-6H,7-12H2,1H3,(H,17,22). The number of amides is 1. The fourth-order valence-electron chi connectivity index (χ4n) is 2.45. The van der Waals surface area contributed by atoms with Crippen LogP contribution in [0.25, 0.3) is 0 Å². The predicted octanol–water partition coefficient (Wildman–Crippen LogP) is 1.77. The summed E-state index contributed by atoms with van der Waals surface area (Å²) >= 11 is 1.54. The van der Waals surface area contributed by atoms with Crippen LogP contribution in [-0.4, -0.2) is 52.7 Å². The SMILES string of the molecule is Cn1c(SCCC(=O)Nc2ccccc2)nnc1N1CCOCC1. The zero-order valence-corrected chi connectivity index (χ0v) is 14.5. The molecule has 3 rings (SSSR count). The van der Waals surface area contributed by atoms with Gasteiger partial charge in [-0.3, -0.25) is 9.36 Å². The number of thioether (sulfide) groups is 1. The first kappa shape index (κ1) is 16.8. The lowest BCUT2D eigenvalue weighted by molar-refractivity contribution is -0.115. The van der Waals surface area contributed by atoms with E-state index in [-0.39, 0.29) is 5.91 Å². The molecule has 0 radical (unpaired) electrons. The molecular weight excluding hydrogens is 326 g/mol. The smallest absolute Gasteiger partial charge is 0.227 e. The number of nitrogens with zero attached hydrogens (tertiary/aromatic N) is 4. The molecule has 1 saturated heterocycles. The number of nitrogens with one attached hydrogen (secondary N) is 1. The lowest BCUT2D eigenvalue weighted by Crippen LogP contribution is -2.37. The number of ether oxygens (including phenoxy) is 1. The van der Waals surface area contributed by atoms with Crippen LogP contribution in [0, 0.1) is 0 Å². The highest BCUT2D eigenvalue weighted by atomic mass is 32.2. The van der Waals surface area contributed by atoms with Gasteiger partial charge in [-0.25, -0.2) is 0 Å². The van der Waals surface area contributed by atoms with E-state index >= 15 is 0 Å². The molecule has 1 aliphatic rings. The summed E-state index contributed by atoms with van der Waals surface area (Å²) in [7, 11) is 1.96. The molecular formula is C16H21N5O2S. The summed E-state index contributed by atoms with van der Waals surface area (Å²) in [5.41, 5.74) is 0.820. The molecule has 0 saturated carbocycles. The molecule has 0 atom stereocenters. The molecule has 1 N–H and O–H groups in total. The Bertz CT molecular complexity index is 670. The molecule has 1 aliphatic heterocycles. The molecule has 1 amide bonds. The van der Waals surface area contributed by atoms with Crippen LogP contribution in [0.15, 0.2) is 35.5 Å². The van der Waals surface area contributed by atoms with Crippen LogP contribution in [0.2, 0.25) is 0 Å². The van der Waals surface area contributed by atoms with Gasteiger partial charge < -0.3 is 15.0 Å². The molecule has 128 valence electrons. The maximum atomic E-state index is 12.0. The minimum absolute atomic E-state index is 0.00395. The van der Waals surface area contributed by atoms with Crippen molar-refractivity contribution in [2.75, 3.05) is 42.3 Å². The minimum Gasteiger partial charge on any atom is -0.378 e. The third kappa shape index (κ3) is 4.27. The highest BCUT2D eigenvalue weighted by Gasteiger charge is 2.18. The molecule has 2 heterocycles. The van der Waals surface area contributed by atoms with E-state index < -0.39 is 0 Å². The minimum atomic E-state index is 0.00395. The zero-order chi connectivity index (χ0) is 16.8. The van der Waals surface area contributed by atoms with Crippen molar-refractivity contribution in [3.05, 3.63) is 30.3 Å². The van der Waals surface area contributed by atoms with E-state index in [2.05, 4.69) is 20.4 Å². The van der Waals surface area contributed by atoms with Gasteiger partial charge in [0.25, 0.3) is 0 Å². The van der Waals surface area contributed by atoms with Crippen molar-refractivity contribution in [1.82, 2.24) is 14.8 Å². The van der Waals surface area contributed by atoms with E-state index in [0.29, 0.717) is 12.2 Å². The summed E-state index contributed by atoms with van der Waals surface area (Å²) in [6.07, 6.45) is 0.430. The first-order chi connectivity index (χ1) is 11.7. The van der Waals surface area contributed by atoms with Crippen molar-refractivity contribution in [3.8, 4) is 0 Å². The van der Waals surface area contributed by atoms with Crippen LogP contribution in [0.3, 0.4) is 0 Å². The maximum Gasteiger partial charge on any atom is 0.227 e. The molecule has 8 heteroatoms. The molecule has 0 aliphatic carbocycles. The molecule has 0 bridgehead atoms. The Morgan fingerprint density at radius 3 is 2.75 bits per heavy atom. The van der Waals surface area contributed by atoms with Crippen LogP contribution < -0.4 is 10.2 Å². The fourth-order valence-corrected chi connectivity index (χ4v) is 3.30. The van der Waals surface area contributed by atoms with Crippen molar-refractivity contribution in [2.24, 2.45) is 7.05 Å². The summed E-state index contributed by atoms with van der Waals surface area (Å²) in [6.45, 7) is 3.09. The van der Waals surface area contributed by atoms with Crippen LogP contribution in [0.5, 0.6) is 0 Å². The lowest BCUT2D eigenvalue weighted by atomic mass is 10.3. The number of aromatic nitrogens is 3. The topological polar surface area (TPSA) is 72.3 Å². The third-order valence-electron chi connectivity index (χ3n) is 3.72. The largest absolute Gasteiger partial charge is 0.378 e. The predicted molar refractivity (Wildman–Crippen MR) is 94.4 cm³/mol. The van der Waals surface area contributed by atoms with Gasteiger partial charge >= 0.3 is 0 Å². The van der Waals surface area contributed by atoms with E-state index in [4.69, 9.17) is 4.74 Å². The number of hydrogen-bond acceptors (Lipinski definition) is 6. The van der Waals surface area contributed by atoms with E-state index in [1.165, 1.54) is 0 Å². The van der Waals surface area contributed by atoms with Crippen molar-refractivity contribution in [1.29, 1.82) is 0 Å². The van der Waals surface area contributed by atoms with Crippen LogP contribution >= 0.6 is 11.8 Å². The van der Waals surface area contributed by atoms with Crippen molar-refractivity contribution >= 4 is 29.3 Å². The quantitative estimate of drug-likeness (QED) is 0.803. The summed E-state index contributed by atoms with van der Waals surface area (Å²) in [6, 6.07) is 9.48. The van der Waals surface area contributed by atoms with E-state index in [1.807, 2.05) is 41.9 Å². The van der Waals surface area contributed by atoms with Crippen LogP contribution in [0.4, 0.5) is 11.6 Å². The van der Waals surface area contributed by atoms with Gasteiger partial charge in [0.15, 0.2) is 5.16 Å². The van der Waals surface area contributed by atoms with Crippen molar-refractivity contribution in [2.45, 2.75) is 11.6 Å². The highest BCUT2D eigenvalue weighted by Crippen LogP contribution is 2.21. The normalized spacial score (nSPS) is 14.6. The third-order valence-corrected chi connectivity index (χ3v) is 4.75. The van der Waals surface area contributed by atoms with Gasteiger partial charge in [0.2, 0.25) is 11.9 Å². The van der Waals surface area contributed by atoms with Gasteiger partial charge in [0.1, 0.15) is 0 Å². The van der Waals surface area contributed by atoms with Gasteiger partial charge in [-0.2, -0.15) is 0 Å². The molecule has 1 fully saturated rings. The second-order valence-corrected chi connectivity index (χ2v) is 6.52. The Morgan fingerprint density at radius 2 is 2.00 bits per heavy atom. The summed E-state index contributed by atoms with van der Waals surface area (Å²) in [5.74, 6) is 1.52. The Balaban J connectivity index is 1.48. The number of hydrogen-bond donors (Lipinski definition) is 1. The average Bonchev–Trinajstić information content (AvgIpc) is 2.97. The Kier molecular flexibility index (Phi) is 5.71. The first-order valence-corrected chi connectivity index (χ1v) is 8.92. The monoisotopic (exact) mass is 347 g/mol. The number of benzene rings is 1. The second-order valence-electron chi connectivity index (χ2n) is 5.45. The average molecular weight is 347 g/mol. The molecule has 24 heavy (non-hydrogen) atoms. The van der Waals surface area contributed by atoms with E-state index in [1.54, 1.807) is 11.8 Å². The van der Waals surface area contributed by atoms with Crippen molar-refractivity contribution < 1.29 is 9.53 Å². The second kappa shape index (κ2) is 8.16. The zero-order valence-electron chi connectivity index (χ0n) is 13.6. The Labute approximate surface area is 145 Å². The van der Waals surface area contributed by atoms with Crippen molar-refractivity contribution in [3.63, 3.8) is 0 Å². The summed E-state index contributed by atoms with van der Waals surface area (Å²) in [4.78, 5) is 14.1. The molecule has 0 spiro atoms. The number of carbonyl (C=O) groups is 1. The molecule has 1 aromatic carbocycles. The summed E-state index contributed by atoms with van der Waals surface area (Å²) in [5, 5.41) is 12.2. The van der Waals surface area contributed by atoms with Gasteiger partial charge in [0, 0.05) is 38.0 Å². The number of para-hydroxylation sites is 1. The van der Waals surface area contributed by atoms with Crippen LogP contribution in [-0.2, 0) is 16.6 Å². The molecule has 1 aromatic heterocycles. The van der Waals surface area contributed by atoms with Crippen LogP contribution in [0.1, 0.15) is 6.42 Å². The number of rotatable bonds is 6. The lowest BCUT2D eigenvalue weighted by Gasteiger charge is -2.27. The van der Waals surface area contributed by atoms with Gasteiger partial charge in [-0.1, -0.05) is 30.0 Å². The number of anilines is 2. The maximum absolute atomic E-state index is 12.0. The molecule has 2 aromatic rings. The Hall–Kier alpha value is -2.06. The molecule has 7 nitrogen and oxygen atoms in total. The number of morpholine rings is 1. The van der Waals surface area contributed by atoms with Gasteiger partial charge in [-0.05, 0) is 12.1 Å². The number of carbonyl (C=O) groups excluding carboxylic acids is 1. The molecule has 0 unspecified atom stereocenters. The first-order valence-electron chi connectivity index (χ1n) is 7.94. The Morgan fingerprint density at radius 1 is 1.25 bits per heavy atom. The summed E-state index contributed by atoms with van der Waals surface area (Å²) < 4.78 is 7.34. The van der Waals surface area contributed by atoms with Gasteiger partial charge in [-0.15, -0.1) is 10.2 Å². The fraction of sp³-hybridized carbons (Fsp3) is 0.438. The van der Waals surface area contributed by atoms with E-state index in [9.17, 15) is 4.79 Å². The van der Waals surface area contributed by atoms with Gasteiger partial charge in [0.05, 0.1) is 13.2 Å². The van der Waals surface area contributed by atoms with E-state index in [0.717, 1.165) is 43.1 Å².